The Morgan fingerprint density at radius 1 is 1.20 bits per heavy atom. The van der Waals surface area contributed by atoms with Crippen LogP contribution in [0, 0.1) is 5.41 Å². The zero-order valence-electron chi connectivity index (χ0n) is 11.9. The molecule has 0 aliphatic heterocycles. The Morgan fingerprint density at radius 2 is 1.85 bits per heavy atom. The van der Waals surface area contributed by atoms with Gasteiger partial charge in [-0.25, -0.2) is 0 Å². The highest BCUT2D eigenvalue weighted by Crippen LogP contribution is 2.39. The minimum atomic E-state index is -0.924. The first-order valence-corrected chi connectivity index (χ1v) is 7.16. The van der Waals surface area contributed by atoms with Crippen molar-refractivity contribution in [3.8, 4) is 0 Å². The van der Waals surface area contributed by atoms with E-state index in [0.29, 0.717) is 19.4 Å². The van der Waals surface area contributed by atoms with Crippen molar-refractivity contribution in [2.24, 2.45) is 5.41 Å². The molecular formula is C14H23NO5. The molecule has 20 heavy (non-hydrogen) atoms. The molecule has 0 atom stereocenters. The van der Waals surface area contributed by atoms with Crippen LogP contribution in [0.3, 0.4) is 0 Å². The lowest BCUT2D eigenvalue weighted by molar-refractivity contribution is -0.154. The van der Waals surface area contributed by atoms with Crippen molar-refractivity contribution >= 4 is 17.8 Å². The number of hydrogen-bond donors (Lipinski definition) is 2. The molecule has 1 amide bonds. The minimum absolute atomic E-state index is 0.00877. The third-order valence-corrected chi connectivity index (χ3v) is 3.72. The summed E-state index contributed by atoms with van der Waals surface area (Å²) in [6.07, 6.45) is 3.93. The van der Waals surface area contributed by atoms with Crippen molar-refractivity contribution in [3.05, 3.63) is 0 Å². The molecule has 1 saturated carbocycles. The van der Waals surface area contributed by atoms with Crippen LogP contribution in [-0.4, -0.2) is 36.1 Å². The van der Waals surface area contributed by atoms with Gasteiger partial charge in [0.15, 0.2) is 0 Å². The fourth-order valence-electron chi connectivity index (χ4n) is 2.60. The van der Waals surface area contributed by atoms with Gasteiger partial charge in [0.2, 0.25) is 5.91 Å². The summed E-state index contributed by atoms with van der Waals surface area (Å²) in [7, 11) is 0. The van der Waals surface area contributed by atoms with E-state index >= 15 is 0 Å². The number of carbonyl (C=O) groups is 3. The number of carbonyl (C=O) groups excluding carboxylic acids is 2. The summed E-state index contributed by atoms with van der Waals surface area (Å²) in [5.41, 5.74) is -0.924. The van der Waals surface area contributed by atoms with Crippen LogP contribution < -0.4 is 5.32 Å². The van der Waals surface area contributed by atoms with E-state index in [1.54, 1.807) is 6.92 Å². The Hall–Kier alpha value is -1.59. The highest BCUT2D eigenvalue weighted by molar-refractivity contribution is 5.85. The summed E-state index contributed by atoms with van der Waals surface area (Å²) in [5.74, 6) is -1.56. The highest BCUT2D eigenvalue weighted by atomic mass is 16.5. The quantitative estimate of drug-likeness (QED) is 0.691. The Kier molecular flexibility index (Phi) is 6.48. The largest absolute Gasteiger partial charge is 0.481 e. The standard InChI is InChI=1S/C14H23NO5/c1-2-20-12(17)6-9-15-11(16)10-14(13(18)19)7-4-3-5-8-14/h2-10H2,1H3,(H,15,16)(H,18,19). The molecule has 0 spiro atoms. The van der Waals surface area contributed by atoms with Crippen molar-refractivity contribution in [2.45, 2.75) is 51.9 Å². The normalized spacial score (nSPS) is 17.2. The summed E-state index contributed by atoms with van der Waals surface area (Å²) in [6.45, 7) is 2.22. The number of nitrogens with one attached hydrogen (secondary N) is 1. The van der Waals surface area contributed by atoms with E-state index in [4.69, 9.17) is 4.74 Å². The van der Waals surface area contributed by atoms with Crippen molar-refractivity contribution in [2.75, 3.05) is 13.2 Å². The first-order valence-electron chi connectivity index (χ1n) is 7.16. The zero-order chi connectivity index (χ0) is 15.0. The molecular weight excluding hydrogens is 262 g/mol. The molecule has 6 nitrogen and oxygen atoms in total. The molecule has 1 rings (SSSR count). The van der Waals surface area contributed by atoms with Gasteiger partial charge in [-0.1, -0.05) is 19.3 Å². The van der Waals surface area contributed by atoms with Crippen LogP contribution in [0.5, 0.6) is 0 Å². The second kappa shape index (κ2) is 7.87. The summed E-state index contributed by atoms with van der Waals surface area (Å²) in [6, 6.07) is 0. The van der Waals surface area contributed by atoms with Gasteiger partial charge in [-0.2, -0.15) is 0 Å². The number of rotatable bonds is 7. The lowest BCUT2D eigenvalue weighted by atomic mass is 9.71. The SMILES string of the molecule is CCOC(=O)CCNC(=O)CC1(C(=O)O)CCCCC1. The Morgan fingerprint density at radius 3 is 2.40 bits per heavy atom. The predicted molar refractivity (Wildman–Crippen MR) is 72.0 cm³/mol. The van der Waals surface area contributed by atoms with Gasteiger partial charge in [0.1, 0.15) is 0 Å². The van der Waals surface area contributed by atoms with Gasteiger partial charge in [-0.05, 0) is 19.8 Å². The summed E-state index contributed by atoms with van der Waals surface area (Å²) >= 11 is 0. The Bertz CT molecular complexity index is 361. The fraction of sp³-hybridized carbons (Fsp3) is 0.786. The first-order chi connectivity index (χ1) is 9.50. The maximum Gasteiger partial charge on any atom is 0.310 e. The van der Waals surface area contributed by atoms with Gasteiger partial charge in [-0.3, -0.25) is 14.4 Å². The second-order valence-electron chi connectivity index (χ2n) is 5.23. The molecule has 2 N–H and O–H groups in total. The van der Waals surface area contributed by atoms with Crippen LogP contribution in [-0.2, 0) is 19.1 Å². The fourth-order valence-corrected chi connectivity index (χ4v) is 2.60. The molecule has 0 bridgehead atoms. The Balaban J connectivity index is 2.39. The molecule has 0 aromatic rings. The van der Waals surface area contributed by atoms with Crippen LogP contribution >= 0.6 is 0 Å². The summed E-state index contributed by atoms with van der Waals surface area (Å²) < 4.78 is 4.75. The molecule has 1 aliphatic carbocycles. The maximum atomic E-state index is 11.8. The van der Waals surface area contributed by atoms with Gasteiger partial charge in [-0.15, -0.1) is 0 Å². The van der Waals surface area contributed by atoms with E-state index in [1.165, 1.54) is 0 Å². The summed E-state index contributed by atoms with van der Waals surface area (Å²) in [4.78, 5) is 34.4. The zero-order valence-corrected chi connectivity index (χ0v) is 11.9. The van der Waals surface area contributed by atoms with Crippen molar-refractivity contribution in [3.63, 3.8) is 0 Å². The number of hydrogen-bond acceptors (Lipinski definition) is 4. The van der Waals surface area contributed by atoms with E-state index in [2.05, 4.69) is 5.32 Å². The number of amides is 1. The van der Waals surface area contributed by atoms with Gasteiger partial charge in [0, 0.05) is 13.0 Å². The number of carboxylic acids is 1. The van der Waals surface area contributed by atoms with E-state index < -0.39 is 11.4 Å². The predicted octanol–water partition coefficient (Wildman–Crippen LogP) is 1.48. The first kappa shape index (κ1) is 16.5. The van der Waals surface area contributed by atoms with Gasteiger partial charge in [0.05, 0.1) is 18.4 Å². The van der Waals surface area contributed by atoms with Gasteiger partial charge < -0.3 is 15.2 Å². The summed E-state index contributed by atoms with van der Waals surface area (Å²) in [5, 5.41) is 12.0. The number of esters is 1. The molecule has 1 aliphatic rings. The third kappa shape index (κ3) is 4.83. The average molecular weight is 285 g/mol. The van der Waals surface area contributed by atoms with Crippen LogP contribution in [0.15, 0.2) is 0 Å². The van der Waals surface area contributed by atoms with Crippen molar-refractivity contribution < 1.29 is 24.2 Å². The van der Waals surface area contributed by atoms with Crippen LogP contribution in [0.2, 0.25) is 0 Å². The molecule has 0 saturated heterocycles. The average Bonchev–Trinajstić information content (AvgIpc) is 2.39. The second-order valence-corrected chi connectivity index (χ2v) is 5.23. The highest BCUT2D eigenvalue weighted by Gasteiger charge is 2.41. The molecule has 0 aromatic heterocycles. The lowest BCUT2D eigenvalue weighted by Crippen LogP contribution is -2.39. The van der Waals surface area contributed by atoms with Gasteiger partial charge >= 0.3 is 11.9 Å². The molecule has 0 aromatic carbocycles. The molecule has 0 heterocycles. The van der Waals surface area contributed by atoms with Gasteiger partial charge in [0.25, 0.3) is 0 Å². The Labute approximate surface area is 118 Å². The molecule has 0 radical (unpaired) electrons. The van der Waals surface area contributed by atoms with E-state index in [9.17, 15) is 19.5 Å². The monoisotopic (exact) mass is 285 g/mol. The molecule has 1 fully saturated rings. The minimum Gasteiger partial charge on any atom is -0.481 e. The number of carboxylic acid groups (broad SMARTS) is 1. The van der Waals surface area contributed by atoms with Crippen LogP contribution in [0.25, 0.3) is 0 Å². The van der Waals surface area contributed by atoms with Crippen LogP contribution in [0.1, 0.15) is 51.9 Å². The topological polar surface area (TPSA) is 92.7 Å². The van der Waals surface area contributed by atoms with E-state index in [0.717, 1.165) is 19.3 Å². The third-order valence-electron chi connectivity index (χ3n) is 3.72. The molecule has 0 unspecified atom stereocenters. The van der Waals surface area contributed by atoms with Crippen LogP contribution in [0.4, 0.5) is 0 Å². The molecule has 114 valence electrons. The smallest absolute Gasteiger partial charge is 0.310 e. The number of aliphatic carboxylic acids is 1. The van der Waals surface area contributed by atoms with Crippen molar-refractivity contribution in [1.82, 2.24) is 5.32 Å². The van der Waals surface area contributed by atoms with E-state index in [1.807, 2.05) is 0 Å². The molecule has 6 heteroatoms. The van der Waals surface area contributed by atoms with E-state index in [-0.39, 0.29) is 31.3 Å². The number of ether oxygens (including phenoxy) is 1. The lowest BCUT2D eigenvalue weighted by Gasteiger charge is -2.32. The van der Waals surface area contributed by atoms with Crippen molar-refractivity contribution in [1.29, 1.82) is 0 Å². The maximum absolute atomic E-state index is 11.8.